The first-order chi connectivity index (χ1) is 12.8. The van der Waals surface area contributed by atoms with E-state index in [0.29, 0.717) is 17.8 Å². The van der Waals surface area contributed by atoms with Gasteiger partial charge in [-0.25, -0.2) is 4.98 Å². The standard InChI is InChI=1S/C21H16N4O/c26-21(24-14-15-7-3-5-11-22-15)17-13-20(19-10-4-6-12-23-19)25-18-9-2-1-8-16(17)18/h1-13H,14H2,(H,24,26). The van der Waals surface area contributed by atoms with Crippen LogP contribution in [0.4, 0.5) is 0 Å². The second kappa shape index (κ2) is 7.11. The summed E-state index contributed by atoms with van der Waals surface area (Å²) in [6, 6.07) is 20.7. The zero-order valence-electron chi connectivity index (χ0n) is 14.0. The Bertz CT molecular complexity index is 1050. The van der Waals surface area contributed by atoms with Gasteiger partial charge in [-0.2, -0.15) is 0 Å². The van der Waals surface area contributed by atoms with Gasteiger partial charge in [-0.05, 0) is 36.4 Å². The number of pyridine rings is 3. The molecule has 0 aliphatic rings. The molecule has 0 saturated carbocycles. The van der Waals surface area contributed by atoms with Crippen molar-refractivity contribution in [3.05, 3.63) is 90.4 Å². The highest BCUT2D eigenvalue weighted by Gasteiger charge is 2.14. The normalized spacial score (nSPS) is 10.6. The summed E-state index contributed by atoms with van der Waals surface area (Å²) < 4.78 is 0. The number of amides is 1. The molecular formula is C21H16N4O. The third-order valence-corrected chi connectivity index (χ3v) is 4.04. The van der Waals surface area contributed by atoms with Crippen molar-refractivity contribution < 1.29 is 4.79 Å². The van der Waals surface area contributed by atoms with E-state index in [1.165, 1.54) is 0 Å². The van der Waals surface area contributed by atoms with Crippen LogP contribution in [0.15, 0.2) is 79.1 Å². The number of carbonyl (C=O) groups excluding carboxylic acids is 1. The van der Waals surface area contributed by atoms with Crippen LogP contribution in [0.5, 0.6) is 0 Å². The van der Waals surface area contributed by atoms with Gasteiger partial charge in [0.25, 0.3) is 5.91 Å². The first-order valence-electron chi connectivity index (χ1n) is 8.30. The van der Waals surface area contributed by atoms with Crippen LogP contribution < -0.4 is 5.32 Å². The Kier molecular flexibility index (Phi) is 4.35. The number of nitrogens with zero attached hydrogens (tertiary/aromatic N) is 3. The molecule has 26 heavy (non-hydrogen) atoms. The lowest BCUT2D eigenvalue weighted by molar-refractivity contribution is 0.0952. The van der Waals surface area contributed by atoms with Crippen molar-refractivity contribution in [3.8, 4) is 11.4 Å². The minimum Gasteiger partial charge on any atom is -0.346 e. The van der Waals surface area contributed by atoms with Crippen LogP contribution in [0.3, 0.4) is 0 Å². The molecule has 1 N–H and O–H groups in total. The number of hydrogen-bond donors (Lipinski definition) is 1. The van der Waals surface area contributed by atoms with Crippen molar-refractivity contribution in [2.75, 3.05) is 0 Å². The lowest BCUT2D eigenvalue weighted by Crippen LogP contribution is -2.23. The Labute approximate surface area is 150 Å². The molecule has 0 bridgehead atoms. The predicted octanol–water partition coefficient (Wildman–Crippen LogP) is 3.62. The molecule has 0 aliphatic carbocycles. The van der Waals surface area contributed by atoms with Gasteiger partial charge in [0.15, 0.2) is 0 Å². The molecule has 126 valence electrons. The van der Waals surface area contributed by atoms with Crippen LogP contribution in [-0.4, -0.2) is 20.9 Å². The van der Waals surface area contributed by atoms with Crippen molar-refractivity contribution in [2.24, 2.45) is 0 Å². The number of fused-ring (bicyclic) bond motifs is 1. The molecule has 0 aliphatic heterocycles. The molecule has 1 aromatic carbocycles. The molecule has 0 radical (unpaired) electrons. The van der Waals surface area contributed by atoms with Crippen molar-refractivity contribution in [3.63, 3.8) is 0 Å². The molecule has 0 atom stereocenters. The van der Waals surface area contributed by atoms with Crippen LogP contribution in [-0.2, 0) is 6.54 Å². The first kappa shape index (κ1) is 15.9. The molecule has 3 aromatic heterocycles. The van der Waals surface area contributed by atoms with Crippen LogP contribution in [0, 0.1) is 0 Å². The number of aromatic nitrogens is 3. The summed E-state index contributed by atoms with van der Waals surface area (Å²) in [5.74, 6) is -0.161. The lowest BCUT2D eigenvalue weighted by atomic mass is 10.1. The van der Waals surface area contributed by atoms with Gasteiger partial charge in [-0.3, -0.25) is 14.8 Å². The number of rotatable bonds is 4. The maximum atomic E-state index is 12.8. The van der Waals surface area contributed by atoms with E-state index in [1.807, 2.05) is 60.7 Å². The molecule has 5 nitrogen and oxygen atoms in total. The zero-order valence-corrected chi connectivity index (χ0v) is 14.0. The SMILES string of the molecule is O=C(NCc1ccccn1)c1cc(-c2ccccn2)nc2ccccc12. The summed E-state index contributed by atoms with van der Waals surface area (Å²) in [4.78, 5) is 26.1. The van der Waals surface area contributed by atoms with Crippen LogP contribution >= 0.6 is 0 Å². The van der Waals surface area contributed by atoms with E-state index in [9.17, 15) is 4.79 Å². The summed E-state index contributed by atoms with van der Waals surface area (Å²) in [6.07, 6.45) is 3.43. The van der Waals surface area contributed by atoms with Gasteiger partial charge in [-0.1, -0.05) is 30.3 Å². The third kappa shape index (κ3) is 3.28. The van der Waals surface area contributed by atoms with E-state index in [1.54, 1.807) is 18.5 Å². The average Bonchev–Trinajstić information content (AvgIpc) is 2.72. The zero-order chi connectivity index (χ0) is 17.8. The summed E-state index contributed by atoms with van der Waals surface area (Å²) in [5, 5.41) is 3.75. The molecule has 4 aromatic rings. The monoisotopic (exact) mass is 340 g/mol. The van der Waals surface area contributed by atoms with Gasteiger partial charge < -0.3 is 5.32 Å². The Morgan fingerprint density at radius 1 is 0.846 bits per heavy atom. The number of para-hydroxylation sites is 1. The number of benzene rings is 1. The second-order valence-electron chi connectivity index (χ2n) is 5.79. The van der Waals surface area contributed by atoms with Crippen molar-refractivity contribution in [2.45, 2.75) is 6.54 Å². The highest BCUT2D eigenvalue weighted by Crippen LogP contribution is 2.23. The highest BCUT2D eigenvalue weighted by atomic mass is 16.1. The van der Waals surface area contributed by atoms with Crippen LogP contribution in [0.25, 0.3) is 22.3 Å². The van der Waals surface area contributed by atoms with E-state index in [2.05, 4.69) is 20.3 Å². The van der Waals surface area contributed by atoms with E-state index < -0.39 is 0 Å². The Morgan fingerprint density at radius 3 is 2.38 bits per heavy atom. The summed E-state index contributed by atoms with van der Waals surface area (Å²) >= 11 is 0. The Morgan fingerprint density at radius 2 is 1.62 bits per heavy atom. The molecule has 3 heterocycles. The van der Waals surface area contributed by atoms with E-state index >= 15 is 0 Å². The fraction of sp³-hybridized carbons (Fsp3) is 0.0476. The summed E-state index contributed by atoms with van der Waals surface area (Å²) in [7, 11) is 0. The quantitative estimate of drug-likeness (QED) is 0.616. The minimum absolute atomic E-state index is 0.161. The molecule has 0 saturated heterocycles. The smallest absolute Gasteiger partial charge is 0.252 e. The molecular weight excluding hydrogens is 324 g/mol. The highest BCUT2D eigenvalue weighted by molar-refractivity contribution is 6.07. The third-order valence-electron chi connectivity index (χ3n) is 4.04. The molecule has 0 unspecified atom stereocenters. The molecule has 4 rings (SSSR count). The van der Waals surface area contributed by atoms with E-state index in [4.69, 9.17) is 0 Å². The fourth-order valence-electron chi connectivity index (χ4n) is 2.78. The Balaban J connectivity index is 1.72. The topological polar surface area (TPSA) is 67.8 Å². The van der Waals surface area contributed by atoms with Crippen LogP contribution in [0.1, 0.15) is 16.1 Å². The van der Waals surface area contributed by atoms with E-state index in [0.717, 1.165) is 22.3 Å². The van der Waals surface area contributed by atoms with Gasteiger partial charge in [0.2, 0.25) is 0 Å². The second-order valence-corrected chi connectivity index (χ2v) is 5.79. The lowest BCUT2D eigenvalue weighted by Gasteiger charge is -2.10. The summed E-state index contributed by atoms with van der Waals surface area (Å²) in [5.41, 5.74) is 3.55. The number of carbonyl (C=O) groups is 1. The Hall–Kier alpha value is -3.60. The maximum absolute atomic E-state index is 12.8. The largest absolute Gasteiger partial charge is 0.346 e. The number of nitrogens with one attached hydrogen (secondary N) is 1. The van der Waals surface area contributed by atoms with Gasteiger partial charge >= 0.3 is 0 Å². The predicted molar refractivity (Wildman–Crippen MR) is 100 cm³/mol. The van der Waals surface area contributed by atoms with Crippen molar-refractivity contribution >= 4 is 16.8 Å². The van der Waals surface area contributed by atoms with Gasteiger partial charge in [0.1, 0.15) is 0 Å². The van der Waals surface area contributed by atoms with E-state index in [-0.39, 0.29) is 5.91 Å². The fourth-order valence-corrected chi connectivity index (χ4v) is 2.78. The molecule has 0 fully saturated rings. The average molecular weight is 340 g/mol. The van der Waals surface area contributed by atoms with Gasteiger partial charge in [0, 0.05) is 17.8 Å². The van der Waals surface area contributed by atoms with Gasteiger partial charge in [-0.15, -0.1) is 0 Å². The summed E-state index contributed by atoms with van der Waals surface area (Å²) in [6.45, 7) is 0.370. The molecule has 5 heteroatoms. The number of hydrogen-bond acceptors (Lipinski definition) is 4. The van der Waals surface area contributed by atoms with Gasteiger partial charge in [0.05, 0.1) is 34.7 Å². The molecule has 0 spiro atoms. The van der Waals surface area contributed by atoms with Crippen molar-refractivity contribution in [1.29, 1.82) is 0 Å². The molecule has 1 amide bonds. The minimum atomic E-state index is -0.161. The first-order valence-corrected chi connectivity index (χ1v) is 8.30. The van der Waals surface area contributed by atoms with Crippen LogP contribution in [0.2, 0.25) is 0 Å². The van der Waals surface area contributed by atoms with Crippen molar-refractivity contribution in [1.82, 2.24) is 20.3 Å². The maximum Gasteiger partial charge on any atom is 0.252 e.